The van der Waals surface area contributed by atoms with Crippen LogP contribution >= 0.6 is 0 Å². The number of rotatable bonds is 5. The van der Waals surface area contributed by atoms with Gasteiger partial charge in [0.25, 0.3) is 0 Å². The van der Waals surface area contributed by atoms with Crippen molar-refractivity contribution in [3.8, 4) is 5.75 Å². The molecule has 0 aliphatic heterocycles. The van der Waals surface area contributed by atoms with E-state index in [1.54, 1.807) is 19.2 Å². The molecule has 2 aromatic rings. The Morgan fingerprint density at radius 1 is 1.47 bits per heavy atom. The molecule has 1 aromatic carbocycles. The lowest BCUT2D eigenvalue weighted by Crippen LogP contribution is -2.08. The van der Waals surface area contributed by atoms with Crippen molar-refractivity contribution in [3.05, 3.63) is 47.5 Å². The van der Waals surface area contributed by atoms with Gasteiger partial charge in [-0.2, -0.15) is 5.10 Å². The van der Waals surface area contributed by atoms with Crippen LogP contribution in [-0.2, 0) is 13.2 Å². The lowest BCUT2D eigenvalue weighted by molar-refractivity contribution is 0.300. The molecule has 0 bridgehead atoms. The van der Waals surface area contributed by atoms with Gasteiger partial charge < -0.3 is 10.5 Å². The van der Waals surface area contributed by atoms with Gasteiger partial charge in [0.05, 0.1) is 6.20 Å². The first kappa shape index (κ1) is 13.5. The van der Waals surface area contributed by atoms with Gasteiger partial charge in [-0.15, -0.1) is 0 Å². The van der Waals surface area contributed by atoms with Gasteiger partial charge in [-0.3, -0.25) is 4.68 Å². The van der Waals surface area contributed by atoms with Crippen LogP contribution in [0.15, 0.2) is 30.6 Å². The van der Waals surface area contributed by atoms with E-state index < -0.39 is 0 Å². The van der Waals surface area contributed by atoms with E-state index >= 15 is 0 Å². The van der Waals surface area contributed by atoms with Gasteiger partial charge in [0, 0.05) is 29.9 Å². The molecular formula is C14H18FN3O. The summed E-state index contributed by atoms with van der Waals surface area (Å²) in [7, 11) is 0. The summed E-state index contributed by atoms with van der Waals surface area (Å²) in [5.41, 5.74) is 7.46. The Bertz CT molecular complexity index is 551. The maximum Gasteiger partial charge on any atom is 0.124 e. The summed E-state index contributed by atoms with van der Waals surface area (Å²) in [4.78, 5) is 0. The van der Waals surface area contributed by atoms with E-state index in [4.69, 9.17) is 10.5 Å². The average Bonchev–Trinajstić information content (AvgIpc) is 2.85. The largest absolute Gasteiger partial charge is 0.488 e. The SMILES string of the molecule is CCn1cc(COc2ccc(F)cc2[C@@H](C)N)cn1. The van der Waals surface area contributed by atoms with E-state index in [-0.39, 0.29) is 11.9 Å². The fourth-order valence-corrected chi connectivity index (χ4v) is 1.82. The van der Waals surface area contributed by atoms with Crippen molar-refractivity contribution < 1.29 is 9.13 Å². The molecule has 0 fully saturated rings. The van der Waals surface area contributed by atoms with E-state index in [1.165, 1.54) is 12.1 Å². The Morgan fingerprint density at radius 2 is 2.26 bits per heavy atom. The second-order valence-corrected chi connectivity index (χ2v) is 4.46. The number of hydrogen-bond donors (Lipinski definition) is 1. The van der Waals surface area contributed by atoms with Crippen LogP contribution in [0.1, 0.15) is 31.0 Å². The lowest BCUT2D eigenvalue weighted by Gasteiger charge is -2.13. The zero-order valence-electron chi connectivity index (χ0n) is 11.1. The maximum atomic E-state index is 13.2. The number of aryl methyl sites for hydroxylation is 1. The number of ether oxygens (including phenoxy) is 1. The summed E-state index contributed by atoms with van der Waals surface area (Å²) < 4.78 is 20.7. The van der Waals surface area contributed by atoms with Gasteiger partial charge in [0.1, 0.15) is 18.2 Å². The molecule has 19 heavy (non-hydrogen) atoms. The topological polar surface area (TPSA) is 53.1 Å². The molecule has 1 aromatic heterocycles. The Hall–Kier alpha value is -1.88. The Morgan fingerprint density at radius 3 is 2.89 bits per heavy atom. The molecule has 0 radical (unpaired) electrons. The second kappa shape index (κ2) is 5.84. The first-order chi connectivity index (χ1) is 9.10. The van der Waals surface area contributed by atoms with Crippen molar-refractivity contribution in [2.75, 3.05) is 0 Å². The van der Waals surface area contributed by atoms with Crippen LogP contribution < -0.4 is 10.5 Å². The first-order valence-electron chi connectivity index (χ1n) is 6.29. The average molecular weight is 263 g/mol. The molecule has 102 valence electrons. The molecule has 0 amide bonds. The van der Waals surface area contributed by atoms with E-state index in [0.29, 0.717) is 17.9 Å². The lowest BCUT2D eigenvalue weighted by atomic mass is 10.1. The van der Waals surface area contributed by atoms with Crippen LogP contribution in [0.2, 0.25) is 0 Å². The third-order valence-corrected chi connectivity index (χ3v) is 2.87. The maximum absolute atomic E-state index is 13.2. The van der Waals surface area contributed by atoms with Crippen LogP contribution in [0.25, 0.3) is 0 Å². The summed E-state index contributed by atoms with van der Waals surface area (Å²) in [5, 5.41) is 4.17. The highest BCUT2D eigenvalue weighted by atomic mass is 19.1. The molecule has 0 spiro atoms. The van der Waals surface area contributed by atoms with Gasteiger partial charge in [-0.1, -0.05) is 0 Å². The van der Waals surface area contributed by atoms with E-state index in [0.717, 1.165) is 12.1 Å². The Balaban J connectivity index is 2.10. The van der Waals surface area contributed by atoms with Gasteiger partial charge in [-0.25, -0.2) is 4.39 Å². The molecular weight excluding hydrogens is 245 g/mol. The molecule has 0 unspecified atom stereocenters. The minimum Gasteiger partial charge on any atom is -0.488 e. The van der Waals surface area contributed by atoms with Crippen LogP contribution in [0.3, 0.4) is 0 Å². The quantitative estimate of drug-likeness (QED) is 0.902. The summed E-state index contributed by atoms with van der Waals surface area (Å²) in [6.07, 6.45) is 3.69. The zero-order chi connectivity index (χ0) is 13.8. The van der Waals surface area contributed by atoms with Gasteiger partial charge in [-0.05, 0) is 32.0 Å². The number of nitrogens with two attached hydrogens (primary N) is 1. The van der Waals surface area contributed by atoms with E-state index in [2.05, 4.69) is 5.10 Å². The molecule has 5 heteroatoms. The van der Waals surface area contributed by atoms with Gasteiger partial charge in [0.15, 0.2) is 0 Å². The fourth-order valence-electron chi connectivity index (χ4n) is 1.82. The molecule has 2 rings (SSSR count). The number of aromatic nitrogens is 2. The monoisotopic (exact) mass is 263 g/mol. The highest BCUT2D eigenvalue weighted by molar-refractivity contribution is 5.36. The molecule has 4 nitrogen and oxygen atoms in total. The third-order valence-electron chi connectivity index (χ3n) is 2.87. The number of hydrogen-bond acceptors (Lipinski definition) is 3. The zero-order valence-corrected chi connectivity index (χ0v) is 11.1. The second-order valence-electron chi connectivity index (χ2n) is 4.46. The van der Waals surface area contributed by atoms with Crippen molar-refractivity contribution in [1.29, 1.82) is 0 Å². The first-order valence-corrected chi connectivity index (χ1v) is 6.29. The van der Waals surface area contributed by atoms with Crippen molar-refractivity contribution in [2.24, 2.45) is 5.73 Å². The molecule has 0 aliphatic rings. The van der Waals surface area contributed by atoms with Crippen LogP contribution in [0.4, 0.5) is 4.39 Å². The van der Waals surface area contributed by atoms with E-state index in [9.17, 15) is 4.39 Å². The number of halogens is 1. The predicted octanol–water partition coefficient (Wildman–Crippen LogP) is 2.64. The normalized spacial score (nSPS) is 12.4. The smallest absolute Gasteiger partial charge is 0.124 e. The minimum absolute atomic E-state index is 0.274. The minimum atomic E-state index is -0.307. The molecule has 1 heterocycles. The molecule has 2 N–H and O–H groups in total. The molecule has 0 saturated carbocycles. The standard InChI is InChI=1S/C14H18FN3O/c1-3-18-8-11(7-17-18)9-19-14-5-4-12(15)6-13(14)10(2)16/h4-8,10H,3,9,16H2,1-2H3/t10-/m1/s1. The third kappa shape index (κ3) is 3.32. The van der Waals surface area contributed by atoms with Crippen LogP contribution in [0.5, 0.6) is 5.75 Å². The molecule has 0 aliphatic carbocycles. The molecule has 1 atom stereocenters. The van der Waals surface area contributed by atoms with Crippen molar-refractivity contribution in [1.82, 2.24) is 9.78 Å². The van der Waals surface area contributed by atoms with Crippen molar-refractivity contribution in [3.63, 3.8) is 0 Å². The van der Waals surface area contributed by atoms with Crippen molar-refractivity contribution in [2.45, 2.75) is 33.0 Å². The number of benzene rings is 1. The fraction of sp³-hybridized carbons (Fsp3) is 0.357. The Labute approximate surface area is 112 Å². The Kier molecular flexibility index (Phi) is 4.16. The van der Waals surface area contributed by atoms with Crippen LogP contribution in [-0.4, -0.2) is 9.78 Å². The van der Waals surface area contributed by atoms with Gasteiger partial charge in [0.2, 0.25) is 0 Å². The highest BCUT2D eigenvalue weighted by Crippen LogP contribution is 2.25. The van der Waals surface area contributed by atoms with Gasteiger partial charge >= 0.3 is 0 Å². The predicted molar refractivity (Wildman–Crippen MR) is 71.2 cm³/mol. The van der Waals surface area contributed by atoms with Crippen molar-refractivity contribution >= 4 is 0 Å². The summed E-state index contributed by atoms with van der Waals surface area (Å²) in [5.74, 6) is 0.305. The summed E-state index contributed by atoms with van der Waals surface area (Å²) >= 11 is 0. The molecule has 0 saturated heterocycles. The summed E-state index contributed by atoms with van der Waals surface area (Å²) in [6, 6.07) is 4.12. The number of nitrogens with zero attached hydrogens (tertiary/aromatic N) is 2. The van der Waals surface area contributed by atoms with Crippen LogP contribution in [0, 0.1) is 5.82 Å². The highest BCUT2D eigenvalue weighted by Gasteiger charge is 2.10. The van der Waals surface area contributed by atoms with E-state index in [1.807, 2.05) is 17.8 Å². The summed E-state index contributed by atoms with van der Waals surface area (Å²) in [6.45, 7) is 5.04.